The Kier molecular flexibility index (Phi) is 9.78. The van der Waals surface area contributed by atoms with E-state index in [-0.39, 0.29) is 30.1 Å². The van der Waals surface area contributed by atoms with E-state index in [4.69, 9.17) is 15.9 Å². The third-order valence-electron chi connectivity index (χ3n) is 5.17. The van der Waals surface area contributed by atoms with E-state index in [1.54, 1.807) is 56.6 Å². The van der Waals surface area contributed by atoms with Crippen molar-refractivity contribution in [2.24, 2.45) is 5.73 Å². The standard InChI is InChI=1S/C26H32N6O5S2/c1-26(2,3)37-25(34)30-11-10-22(33)31-19-8-5-9-20(16-19)39(35,36)32-21(24-29-12-13-38-24)15-17-6-4-7-18(14-17)23(27)28/h4-9,12-14,16,21,32H,10-11,15H2,1-3H3,(H3,27,28)(H,30,34)(H,31,33). The van der Waals surface area contributed by atoms with Crippen molar-refractivity contribution < 1.29 is 22.7 Å². The second kappa shape index (κ2) is 12.8. The van der Waals surface area contributed by atoms with Crippen LogP contribution < -0.4 is 21.1 Å². The Bertz CT molecular complexity index is 1420. The van der Waals surface area contributed by atoms with Crippen molar-refractivity contribution in [2.75, 3.05) is 11.9 Å². The van der Waals surface area contributed by atoms with Gasteiger partial charge in [0.1, 0.15) is 16.4 Å². The molecule has 1 aromatic heterocycles. The molecule has 0 aliphatic heterocycles. The number of aromatic nitrogens is 1. The zero-order valence-corrected chi connectivity index (χ0v) is 23.5. The Morgan fingerprint density at radius 2 is 1.90 bits per heavy atom. The van der Waals surface area contributed by atoms with Gasteiger partial charge in [-0.25, -0.2) is 22.9 Å². The number of hydrogen-bond donors (Lipinski definition) is 5. The molecule has 0 radical (unpaired) electrons. The van der Waals surface area contributed by atoms with Crippen LogP contribution in [0, 0.1) is 5.41 Å². The van der Waals surface area contributed by atoms with Crippen LogP contribution in [-0.2, 0) is 26.0 Å². The van der Waals surface area contributed by atoms with E-state index in [0.29, 0.717) is 16.3 Å². The fourth-order valence-corrected chi connectivity index (χ4v) is 5.51. The maximum absolute atomic E-state index is 13.3. The van der Waals surface area contributed by atoms with E-state index in [1.165, 1.54) is 29.5 Å². The quantitative estimate of drug-likeness (QED) is 0.172. The Hall–Kier alpha value is -3.81. The van der Waals surface area contributed by atoms with Crippen LogP contribution in [0.2, 0.25) is 0 Å². The highest BCUT2D eigenvalue weighted by atomic mass is 32.2. The average molecular weight is 573 g/mol. The molecule has 208 valence electrons. The highest BCUT2D eigenvalue weighted by molar-refractivity contribution is 7.89. The van der Waals surface area contributed by atoms with Crippen molar-refractivity contribution in [3.05, 3.63) is 76.2 Å². The van der Waals surface area contributed by atoms with E-state index >= 15 is 0 Å². The van der Waals surface area contributed by atoms with Gasteiger partial charge in [0.2, 0.25) is 15.9 Å². The minimum atomic E-state index is -4.01. The molecule has 0 spiro atoms. The number of rotatable bonds is 11. The summed E-state index contributed by atoms with van der Waals surface area (Å²) in [6.07, 6.45) is 1.23. The number of amidine groups is 1. The second-order valence-electron chi connectivity index (χ2n) is 9.62. The minimum absolute atomic E-state index is 0.0279. The van der Waals surface area contributed by atoms with Gasteiger partial charge < -0.3 is 21.1 Å². The van der Waals surface area contributed by atoms with Crippen LogP contribution in [0.5, 0.6) is 0 Å². The van der Waals surface area contributed by atoms with Crippen LogP contribution in [-0.4, -0.2) is 43.4 Å². The Balaban J connectivity index is 1.68. The molecule has 3 rings (SSSR count). The van der Waals surface area contributed by atoms with E-state index in [1.807, 2.05) is 6.07 Å². The number of benzene rings is 2. The number of alkyl carbamates (subject to hydrolysis) is 1. The molecule has 0 saturated carbocycles. The Labute approximate surface area is 231 Å². The van der Waals surface area contributed by atoms with Gasteiger partial charge in [-0.2, -0.15) is 0 Å². The lowest BCUT2D eigenvalue weighted by Gasteiger charge is -2.19. The van der Waals surface area contributed by atoms with Crippen LogP contribution in [0.15, 0.2) is 65.0 Å². The Morgan fingerprint density at radius 1 is 1.15 bits per heavy atom. The van der Waals surface area contributed by atoms with Crippen molar-refractivity contribution in [2.45, 2.75) is 50.2 Å². The molecule has 1 heterocycles. The number of anilines is 1. The highest BCUT2D eigenvalue weighted by Gasteiger charge is 2.24. The number of amides is 2. The van der Waals surface area contributed by atoms with Gasteiger partial charge in [0.15, 0.2) is 0 Å². The molecule has 1 unspecified atom stereocenters. The number of sulfonamides is 1. The number of nitrogens with one attached hydrogen (secondary N) is 4. The summed E-state index contributed by atoms with van der Waals surface area (Å²) in [5, 5.41) is 15.2. The topological polar surface area (TPSA) is 176 Å². The number of thiazole rings is 1. The normalized spacial score (nSPS) is 12.4. The maximum atomic E-state index is 13.3. The number of hydrogen-bond acceptors (Lipinski definition) is 8. The Morgan fingerprint density at radius 3 is 2.56 bits per heavy atom. The number of nitrogens with zero attached hydrogens (tertiary/aromatic N) is 1. The number of nitrogens with two attached hydrogens (primary N) is 1. The first-order valence-corrected chi connectivity index (χ1v) is 14.4. The van der Waals surface area contributed by atoms with E-state index in [2.05, 4.69) is 20.3 Å². The molecule has 3 aromatic rings. The molecular formula is C26H32N6O5S2. The summed E-state index contributed by atoms with van der Waals surface area (Å²) >= 11 is 1.32. The summed E-state index contributed by atoms with van der Waals surface area (Å²) in [5.74, 6) is -0.484. The number of ether oxygens (including phenoxy) is 1. The van der Waals surface area contributed by atoms with E-state index in [9.17, 15) is 18.0 Å². The second-order valence-corrected chi connectivity index (χ2v) is 12.3. The third-order valence-corrected chi connectivity index (χ3v) is 7.53. The molecule has 39 heavy (non-hydrogen) atoms. The molecule has 0 aliphatic rings. The predicted molar refractivity (Wildman–Crippen MR) is 150 cm³/mol. The molecule has 1 atom stereocenters. The summed E-state index contributed by atoms with van der Waals surface area (Å²) in [7, 11) is -4.01. The van der Waals surface area contributed by atoms with Crippen molar-refractivity contribution in [3.63, 3.8) is 0 Å². The summed E-state index contributed by atoms with van der Waals surface area (Å²) in [5.41, 5.74) is 6.57. The average Bonchev–Trinajstić information content (AvgIpc) is 3.38. The molecule has 0 bridgehead atoms. The summed E-state index contributed by atoms with van der Waals surface area (Å²) in [4.78, 5) is 28.3. The van der Waals surface area contributed by atoms with Crippen molar-refractivity contribution >= 4 is 44.9 Å². The smallest absolute Gasteiger partial charge is 0.407 e. The van der Waals surface area contributed by atoms with Crippen LogP contribution >= 0.6 is 11.3 Å². The van der Waals surface area contributed by atoms with E-state index < -0.39 is 33.7 Å². The lowest BCUT2D eigenvalue weighted by molar-refractivity contribution is -0.116. The summed E-state index contributed by atoms with van der Waals surface area (Å²) in [6.45, 7) is 5.27. The fraction of sp³-hybridized carbons (Fsp3) is 0.308. The van der Waals surface area contributed by atoms with Crippen LogP contribution in [0.25, 0.3) is 0 Å². The molecule has 11 nitrogen and oxygen atoms in total. The molecule has 0 fully saturated rings. The maximum Gasteiger partial charge on any atom is 0.407 e. The van der Waals surface area contributed by atoms with Gasteiger partial charge in [0, 0.05) is 35.8 Å². The van der Waals surface area contributed by atoms with E-state index in [0.717, 1.165) is 5.56 Å². The molecule has 2 aromatic carbocycles. The molecular weight excluding hydrogens is 540 g/mol. The largest absolute Gasteiger partial charge is 0.444 e. The first-order chi connectivity index (χ1) is 18.3. The van der Waals surface area contributed by atoms with Crippen LogP contribution in [0.3, 0.4) is 0 Å². The van der Waals surface area contributed by atoms with Gasteiger partial charge >= 0.3 is 6.09 Å². The monoisotopic (exact) mass is 572 g/mol. The van der Waals surface area contributed by atoms with Gasteiger partial charge in [-0.1, -0.05) is 24.3 Å². The minimum Gasteiger partial charge on any atom is -0.444 e. The molecule has 6 N–H and O–H groups in total. The van der Waals surface area contributed by atoms with Crippen molar-refractivity contribution in [1.29, 1.82) is 5.41 Å². The first kappa shape index (κ1) is 29.7. The number of carbonyl (C=O) groups excluding carboxylic acids is 2. The van der Waals surface area contributed by atoms with Crippen LogP contribution in [0.4, 0.5) is 10.5 Å². The van der Waals surface area contributed by atoms with Gasteiger partial charge in [-0.15, -0.1) is 11.3 Å². The SMILES string of the molecule is CC(C)(C)OC(=O)NCCC(=O)Nc1cccc(S(=O)(=O)NC(Cc2cccc(C(=N)N)c2)c2nccs2)c1. The molecule has 2 amide bonds. The fourth-order valence-electron chi connectivity index (χ4n) is 3.50. The first-order valence-electron chi connectivity index (χ1n) is 12.0. The lowest BCUT2D eigenvalue weighted by atomic mass is 10.0. The lowest BCUT2D eigenvalue weighted by Crippen LogP contribution is -2.34. The summed E-state index contributed by atoms with van der Waals surface area (Å²) in [6, 6.07) is 12.3. The number of nitrogen functional groups attached to an aromatic ring is 1. The predicted octanol–water partition coefficient (Wildman–Crippen LogP) is 3.54. The molecule has 13 heteroatoms. The highest BCUT2D eigenvalue weighted by Crippen LogP contribution is 2.25. The third kappa shape index (κ3) is 9.46. The van der Waals surface area contributed by atoms with Crippen LogP contribution in [0.1, 0.15) is 49.4 Å². The molecule has 0 aliphatic carbocycles. The van der Waals surface area contributed by atoms with Gasteiger partial charge in [-0.3, -0.25) is 10.2 Å². The van der Waals surface area contributed by atoms with Gasteiger partial charge in [0.25, 0.3) is 0 Å². The van der Waals surface area contributed by atoms with Gasteiger partial charge in [-0.05, 0) is 57.0 Å². The number of carbonyl (C=O) groups is 2. The zero-order chi connectivity index (χ0) is 28.6. The van der Waals surface area contributed by atoms with Crippen molar-refractivity contribution in [1.82, 2.24) is 15.0 Å². The van der Waals surface area contributed by atoms with Gasteiger partial charge in [0.05, 0.1) is 10.9 Å². The molecule has 0 saturated heterocycles. The zero-order valence-electron chi connectivity index (χ0n) is 21.9. The summed E-state index contributed by atoms with van der Waals surface area (Å²) < 4.78 is 34.5. The van der Waals surface area contributed by atoms with Crippen molar-refractivity contribution in [3.8, 4) is 0 Å².